The number of carbonyl (C=O) groups excluding carboxylic acids is 2. The number of hydrogen-bond donors (Lipinski definition) is 1. The average Bonchev–Trinajstić information content (AvgIpc) is 3.25. The molecule has 3 aromatic rings. The third-order valence-electron chi connectivity index (χ3n) is 3.86. The number of imidazole rings is 1. The molecule has 0 radical (unpaired) electrons. The van der Waals surface area contributed by atoms with Gasteiger partial charge in [-0.05, 0) is 49.9 Å². The van der Waals surface area contributed by atoms with E-state index < -0.39 is 0 Å². The van der Waals surface area contributed by atoms with Gasteiger partial charge in [0.05, 0.1) is 15.9 Å². The van der Waals surface area contributed by atoms with Crippen LogP contribution in [-0.2, 0) is 4.79 Å². The predicted molar refractivity (Wildman–Crippen MR) is 96.7 cm³/mol. The Morgan fingerprint density at radius 3 is 2.72 bits per heavy atom. The number of amides is 2. The van der Waals surface area contributed by atoms with Crippen LogP contribution in [0.15, 0.2) is 45.7 Å². The number of furan rings is 1. The third-order valence-corrected chi connectivity index (χ3v) is 4.75. The molecule has 7 heteroatoms. The molecule has 4 rings (SSSR count). The lowest BCUT2D eigenvalue weighted by molar-refractivity contribution is -0.123. The van der Waals surface area contributed by atoms with E-state index in [1.54, 1.807) is 18.2 Å². The van der Waals surface area contributed by atoms with Gasteiger partial charge in [-0.2, -0.15) is 0 Å². The highest BCUT2D eigenvalue weighted by molar-refractivity contribution is 8.18. The van der Waals surface area contributed by atoms with Crippen molar-refractivity contribution in [1.82, 2.24) is 14.9 Å². The van der Waals surface area contributed by atoms with Gasteiger partial charge in [-0.25, -0.2) is 4.98 Å². The largest absolute Gasteiger partial charge is 0.453 e. The number of hydrogen-bond acceptors (Lipinski definition) is 5. The Kier molecular flexibility index (Phi) is 3.73. The first kappa shape index (κ1) is 15.7. The number of rotatable bonds is 3. The molecular formula is C18H15N3O3S. The van der Waals surface area contributed by atoms with Gasteiger partial charge in [0.2, 0.25) is 0 Å². The summed E-state index contributed by atoms with van der Waals surface area (Å²) in [7, 11) is 0. The Morgan fingerprint density at radius 1 is 1.20 bits per heavy atom. The van der Waals surface area contributed by atoms with Crippen LogP contribution >= 0.6 is 11.8 Å². The lowest BCUT2D eigenvalue weighted by atomic mass is 10.3. The second kappa shape index (κ2) is 5.93. The second-order valence-electron chi connectivity index (χ2n) is 5.95. The van der Waals surface area contributed by atoms with Gasteiger partial charge < -0.3 is 9.40 Å². The lowest BCUT2D eigenvalue weighted by Crippen LogP contribution is -2.34. The zero-order valence-corrected chi connectivity index (χ0v) is 14.5. The van der Waals surface area contributed by atoms with E-state index in [0.717, 1.165) is 22.8 Å². The number of imide groups is 1. The number of benzene rings is 1. The molecule has 1 aliphatic rings. The van der Waals surface area contributed by atoms with Crippen molar-refractivity contribution in [3.05, 3.63) is 47.1 Å². The second-order valence-corrected chi connectivity index (χ2v) is 6.94. The maximum absolute atomic E-state index is 12.3. The predicted octanol–water partition coefficient (Wildman–Crippen LogP) is 4.27. The highest BCUT2D eigenvalue weighted by Gasteiger charge is 2.36. The fourth-order valence-corrected chi connectivity index (χ4v) is 3.62. The Hall–Kier alpha value is -2.80. The molecule has 0 spiro atoms. The fraction of sp³-hybridized carbons (Fsp3) is 0.167. The van der Waals surface area contributed by atoms with Crippen LogP contribution in [0.1, 0.15) is 19.6 Å². The van der Waals surface area contributed by atoms with E-state index >= 15 is 0 Å². The van der Waals surface area contributed by atoms with Crippen LogP contribution in [0.2, 0.25) is 0 Å². The molecule has 0 saturated carbocycles. The standard InChI is InChI=1S/C18H15N3O3S/c1-10(2)21-17(22)15(25-18(21)23)9-11-7-8-14(24-11)16-19-12-5-3-4-6-13(12)20-16/h3-10H,1-2H3,(H,19,20)/b15-9-. The number of para-hydroxylation sites is 2. The summed E-state index contributed by atoms with van der Waals surface area (Å²) in [4.78, 5) is 33.5. The van der Waals surface area contributed by atoms with E-state index in [0.29, 0.717) is 22.3 Å². The van der Waals surface area contributed by atoms with Crippen LogP contribution in [0, 0.1) is 0 Å². The van der Waals surface area contributed by atoms with Crippen LogP contribution in [0.5, 0.6) is 0 Å². The molecule has 0 aliphatic carbocycles. The first-order valence-electron chi connectivity index (χ1n) is 7.85. The molecule has 0 unspecified atom stereocenters. The molecule has 0 atom stereocenters. The molecule has 1 aromatic carbocycles. The molecular weight excluding hydrogens is 338 g/mol. The number of nitrogens with zero attached hydrogens (tertiary/aromatic N) is 2. The molecule has 1 fully saturated rings. The van der Waals surface area contributed by atoms with Gasteiger partial charge in [-0.3, -0.25) is 14.5 Å². The average molecular weight is 353 g/mol. The van der Waals surface area contributed by atoms with E-state index in [1.165, 1.54) is 4.90 Å². The van der Waals surface area contributed by atoms with E-state index in [1.807, 2.05) is 38.1 Å². The van der Waals surface area contributed by atoms with Crippen molar-refractivity contribution < 1.29 is 14.0 Å². The number of aromatic amines is 1. The zero-order chi connectivity index (χ0) is 17.6. The smallest absolute Gasteiger partial charge is 0.293 e. The summed E-state index contributed by atoms with van der Waals surface area (Å²) < 4.78 is 5.77. The van der Waals surface area contributed by atoms with Gasteiger partial charge in [0.15, 0.2) is 11.6 Å². The summed E-state index contributed by atoms with van der Waals surface area (Å²) in [5.74, 6) is 1.41. The minimum atomic E-state index is -0.285. The topological polar surface area (TPSA) is 79.2 Å². The Labute approximate surface area is 147 Å². The van der Waals surface area contributed by atoms with Crippen LogP contribution in [0.25, 0.3) is 28.7 Å². The minimum Gasteiger partial charge on any atom is -0.453 e. The van der Waals surface area contributed by atoms with Gasteiger partial charge in [0, 0.05) is 12.1 Å². The Morgan fingerprint density at radius 2 is 2.00 bits per heavy atom. The normalized spacial score (nSPS) is 16.8. The Bertz CT molecular complexity index is 982. The van der Waals surface area contributed by atoms with Gasteiger partial charge in [0.1, 0.15) is 5.76 Å². The van der Waals surface area contributed by atoms with Crippen molar-refractivity contribution in [2.75, 3.05) is 0 Å². The summed E-state index contributed by atoms with van der Waals surface area (Å²) in [5, 5.41) is -0.254. The van der Waals surface area contributed by atoms with Crippen molar-refractivity contribution in [1.29, 1.82) is 0 Å². The fourth-order valence-electron chi connectivity index (χ4n) is 2.68. The van der Waals surface area contributed by atoms with Crippen LogP contribution in [-0.4, -0.2) is 32.1 Å². The summed E-state index contributed by atoms with van der Waals surface area (Å²) in [6, 6.07) is 11.1. The van der Waals surface area contributed by atoms with Crippen molar-refractivity contribution in [2.45, 2.75) is 19.9 Å². The number of H-pyrrole nitrogens is 1. The van der Waals surface area contributed by atoms with E-state index in [-0.39, 0.29) is 17.2 Å². The van der Waals surface area contributed by atoms with Crippen molar-refractivity contribution in [3.8, 4) is 11.6 Å². The number of aromatic nitrogens is 2. The highest BCUT2D eigenvalue weighted by atomic mass is 32.2. The molecule has 25 heavy (non-hydrogen) atoms. The first-order chi connectivity index (χ1) is 12.0. The zero-order valence-electron chi connectivity index (χ0n) is 13.6. The summed E-state index contributed by atoms with van der Waals surface area (Å²) >= 11 is 0.929. The molecule has 126 valence electrons. The maximum atomic E-state index is 12.3. The van der Waals surface area contributed by atoms with Gasteiger partial charge in [-0.15, -0.1) is 0 Å². The van der Waals surface area contributed by atoms with Crippen LogP contribution in [0.3, 0.4) is 0 Å². The number of fused-ring (bicyclic) bond motifs is 1. The highest BCUT2D eigenvalue weighted by Crippen LogP contribution is 2.34. The molecule has 0 bridgehead atoms. The molecule has 3 heterocycles. The molecule has 2 amide bonds. The molecule has 1 N–H and O–H groups in total. The molecule has 6 nitrogen and oxygen atoms in total. The number of nitrogens with one attached hydrogen (secondary N) is 1. The summed E-state index contributed by atoms with van der Waals surface area (Å²) in [6.45, 7) is 3.62. The quantitative estimate of drug-likeness (QED) is 0.712. The SMILES string of the molecule is CC(C)N1C(=O)S/C(=C\c2ccc(-c3nc4ccccc4[nH]3)o2)C1=O. The van der Waals surface area contributed by atoms with Crippen LogP contribution in [0.4, 0.5) is 4.79 Å². The van der Waals surface area contributed by atoms with Crippen molar-refractivity contribution >= 4 is 40.0 Å². The van der Waals surface area contributed by atoms with Crippen molar-refractivity contribution in [3.63, 3.8) is 0 Å². The number of carbonyl (C=O) groups is 2. The van der Waals surface area contributed by atoms with Gasteiger partial charge in [-0.1, -0.05) is 12.1 Å². The van der Waals surface area contributed by atoms with Crippen LogP contribution < -0.4 is 0 Å². The first-order valence-corrected chi connectivity index (χ1v) is 8.66. The monoisotopic (exact) mass is 353 g/mol. The number of thioether (sulfide) groups is 1. The van der Waals surface area contributed by atoms with Crippen molar-refractivity contribution in [2.24, 2.45) is 0 Å². The lowest BCUT2D eigenvalue weighted by Gasteiger charge is -2.16. The maximum Gasteiger partial charge on any atom is 0.293 e. The minimum absolute atomic E-state index is 0.166. The van der Waals surface area contributed by atoms with Gasteiger partial charge >= 0.3 is 0 Å². The molecule has 1 aliphatic heterocycles. The van der Waals surface area contributed by atoms with Gasteiger partial charge in [0.25, 0.3) is 11.1 Å². The summed E-state index contributed by atoms with van der Waals surface area (Å²) in [6.07, 6.45) is 1.60. The van der Waals surface area contributed by atoms with E-state index in [4.69, 9.17) is 4.42 Å². The Balaban J connectivity index is 1.63. The van der Waals surface area contributed by atoms with E-state index in [2.05, 4.69) is 9.97 Å². The molecule has 2 aromatic heterocycles. The van der Waals surface area contributed by atoms with E-state index in [9.17, 15) is 9.59 Å². The molecule has 1 saturated heterocycles. The third kappa shape index (κ3) is 2.76. The summed E-state index contributed by atoms with van der Waals surface area (Å²) in [5.41, 5.74) is 1.78.